The van der Waals surface area contributed by atoms with Crippen LogP contribution in [0.4, 0.5) is 0 Å². The molecule has 13 nitrogen and oxygen atoms in total. The van der Waals surface area contributed by atoms with Crippen molar-refractivity contribution in [3.8, 4) is 11.5 Å². The molecule has 0 aliphatic carbocycles. The van der Waals surface area contributed by atoms with Crippen molar-refractivity contribution in [1.29, 1.82) is 0 Å². The highest BCUT2D eigenvalue weighted by Crippen LogP contribution is 2.27. The molecule has 0 aromatic heterocycles. The van der Waals surface area contributed by atoms with Crippen LogP contribution in [0.2, 0.25) is 0 Å². The van der Waals surface area contributed by atoms with E-state index < -0.39 is 40.4 Å². The number of aliphatic hydroxyl groups is 3. The molecule has 1 aromatic rings. The lowest BCUT2D eigenvalue weighted by Crippen LogP contribution is -2.39. The molecule has 1 aromatic carbocycles. The molecule has 3 unspecified atom stereocenters. The van der Waals surface area contributed by atoms with Gasteiger partial charge in [0, 0.05) is 6.54 Å². The van der Waals surface area contributed by atoms with E-state index in [1.807, 2.05) is 0 Å². The molecule has 0 heterocycles. The van der Waals surface area contributed by atoms with Crippen LogP contribution in [0.1, 0.15) is 11.7 Å². The third kappa shape index (κ3) is 13.4. The summed E-state index contributed by atoms with van der Waals surface area (Å²) >= 11 is 0. The summed E-state index contributed by atoms with van der Waals surface area (Å²) < 4.78 is 25.9. The number of rotatable bonds is 5. The molecule has 0 radical (unpaired) electrons. The summed E-state index contributed by atoms with van der Waals surface area (Å²) in [5, 5.41) is 59.7. The van der Waals surface area contributed by atoms with Crippen molar-refractivity contribution in [2.24, 2.45) is 5.73 Å². The van der Waals surface area contributed by atoms with Gasteiger partial charge in [-0.05, 0) is 17.7 Å². The average molecular weight is 415 g/mol. The largest absolute Gasteiger partial charge is 0.504 e. The number of hydrogen-bond donors (Lipinski definition) is 9. The third-order valence-corrected chi connectivity index (χ3v) is 2.41. The fourth-order valence-corrected chi connectivity index (χ4v) is 1.15. The van der Waals surface area contributed by atoms with Gasteiger partial charge in [0.15, 0.2) is 23.7 Å². The zero-order valence-corrected chi connectivity index (χ0v) is 14.7. The van der Waals surface area contributed by atoms with Crippen LogP contribution in [0.5, 0.6) is 11.5 Å². The Hall–Kier alpha value is -2.49. The van der Waals surface area contributed by atoms with Crippen molar-refractivity contribution in [3.63, 3.8) is 0 Å². The first-order valence-electron chi connectivity index (χ1n) is 6.76. The van der Waals surface area contributed by atoms with Crippen LogP contribution in [0.3, 0.4) is 0 Å². The number of carboxylic acids is 2. The zero-order valence-electron chi connectivity index (χ0n) is 13.9. The van der Waals surface area contributed by atoms with Gasteiger partial charge in [-0.1, -0.05) is 6.07 Å². The minimum Gasteiger partial charge on any atom is -0.504 e. The average Bonchev–Trinajstić information content (AvgIpc) is 2.54. The highest BCUT2D eigenvalue weighted by molar-refractivity contribution is 7.85. The van der Waals surface area contributed by atoms with E-state index in [4.69, 9.17) is 40.9 Å². The van der Waals surface area contributed by atoms with Crippen LogP contribution in [-0.2, 0) is 19.7 Å². The van der Waals surface area contributed by atoms with Crippen molar-refractivity contribution < 1.29 is 58.3 Å². The number of benzene rings is 1. The van der Waals surface area contributed by atoms with Crippen LogP contribution < -0.4 is 5.73 Å². The van der Waals surface area contributed by atoms with E-state index in [2.05, 4.69) is 0 Å². The van der Waals surface area contributed by atoms with Gasteiger partial charge in [0.05, 0.1) is 12.4 Å². The summed E-state index contributed by atoms with van der Waals surface area (Å²) in [6.07, 6.45) is -4.61. The quantitative estimate of drug-likeness (QED) is 0.178. The maximum atomic E-state index is 9.77. The fraction of sp³-hybridized carbons (Fsp3) is 0.385. The second-order valence-corrected chi connectivity index (χ2v) is 6.26. The molecule has 10 N–H and O–H groups in total. The van der Waals surface area contributed by atoms with E-state index in [0.717, 1.165) is 0 Å². The Morgan fingerprint density at radius 3 is 1.63 bits per heavy atom. The van der Waals surface area contributed by atoms with Gasteiger partial charge < -0.3 is 41.5 Å². The van der Waals surface area contributed by atoms with Crippen molar-refractivity contribution in [1.82, 2.24) is 0 Å². The zero-order chi connectivity index (χ0) is 21.9. The molecule has 1 rings (SSSR count). The Balaban J connectivity index is 0. The number of aromatic hydroxyl groups is 2. The number of hydrogen-bond acceptors (Lipinski definition) is 10. The van der Waals surface area contributed by atoms with Crippen molar-refractivity contribution in [3.05, 3.63) is 23.8 Å². The lowest BCUT2D eigenvalue weighted by molar-refractivity contribution is -0.165. The van der Waals surface area contributed by atoms with Gasteiger partial charge in [0.1, 0.15) is 0 Å². The number of phenolic OH excluding ortho intramolecular Hbond substituents is 2. The Bertz CT molecular complexity index is 694. The number of aliphatic carboxylic acids is 2. The summed E-state index contributed by atoms with van der Waals surface area (Å²) in [5.41, 5.74) is 5.69. The van der Waals surface area contributed by atoms with Crippen LogP contribution in [0, 0.1) is 0 Å². The predicted molar refractivity (Wildman–Crippen MR) is 88.5 cm³/mol. The molecule has 0 aliphatic heterocycles. The lowest BCUT2D eigenvalue weighted by Gasteiger charge is -2.08. The summed E-state index contributed by atoms with van der Waals surface area (Å²) in [4.78, 5) is 19.5. The summed E-state index contributed by atoms with van der Waals surface area (Å²) in [6, 6.07) is 4.10. The Kier molecular flexibility index (Phi) is 11.9. The van der Waals surface area contributed by atoms with Gasteiger partial charge in [-0.25, -0.2) is 9.59 Å². The monoisotopic (exact) mass is 415 g/mol. The molecule has 156 valence electrons. The third-order valence-electron chi connectivity index (χ3n) is 2.41. The number of aliphatic hydroxyl groups excluding tert-OH is 3. The van der Waals surface area contributed by atoms with Gasteiger partial charge in [-0.15, -0.1) is 0 Å². The van der Waals surface area contributed by atoms with Gasteiger partial charge >= 0.3 is 11.9 Å². The van der Waals surface area contributed by atoms with E-state index in [9.17, 15) is 23.1 Å². The topological polar surface area (TPSA) is 256 Å². The van der Waals surface area contributed by atoms with E-state index >= 15 is 0 Å². The van der Waals surface area contributed by atoms with Crippen molar-refractivity contribution in [2.75, 3.05) is 12.8 Å². The number of nitrogens with two attached hydrogens (primary N) is 1. The van der Waals surface area contributed by atoms with Crippen LogP contribution in [0.25, 0.3) is 0 Å². The Morgan fingerprint density at radius 2 is 1.37 bits per heavy atom. The Labute approximate surface area is 153 Å². The first kappa shape index (κ1) is 26.7. The molecule has 14 heteroatoms. The fourth-order valence-electron chi connectivity index (χ4n) is 1.15. The molecule has 0 amide bonds. The smallest absolute Gasteiger partial charge is 0.335 e. The first-order chi connectivity index (χ1) is 12.1. The van der Waals surface area contributed by atoms with Crippen LogP contribution >= 0.6 is 0 Å². The number of carbonyl (C=O) groups is 2. The van der Waals surface area contributed by atoms with Crippen LogP contribution in [0.15, 0.2) is 18.2 Å². The molecule has 0 bridgehead atoms. The second kappa shape index (κ2) is 12.0. The molecule has 0 saturated heterocycles. The second-order valence-electron chi connectivity index (χ2n) is 4.80. The SMILES string of the molecule is CS(=O)(=O)O.NCC(O)c1ccc(O)c(O)c1.O=C(O)C(O)C(O)C(=O)O. The maximum Gasteiger partial charge on any atom is 0.335 e. The van der Waals surface area contributed by atoms with Gasteiger partial charge in [0.25, 0.3) is 10.1 Å². The molecular weight excluding hydrogens is 394 g/mol. The predicted octanol–water partition coefficient (Wildman–Crippen LogP) is -2.53. The number of phenols is 2. The van der Waals surface area contributed by atoms with Gasteiger partial charge in [0.2, 0.25) is 0 Å². The standard InChI is InChI=1S/C8H11NO3.C4H6O6.CH4O3S/c9-4-8(12)5-1-2-6(10)7(11)3-5;5-1(3(7)8)2(6)4(9)10;1-5(2,3)4/h1-3,8,10-12H,4,9H2;1-2,5-6H,(H,7,8)(H,9,10);1H3,(H,2,3,4). The molecule has 0 fully saturated rings. The normalized spacial score (nSPS) is 13.7. The maximum absolute atomic E-state index is 9.77. The van der Waals surface area contributed by atoms with Crippen LogP contribution in [-0.4, -0.2) is 85.7 Å². The highest BCUT2D eigenvalue weighted by Gasteiger charge is 2.29. The minimum atomic E-state index is -3.67. The summed E-state index contributed by atoms with van der Waals surface area (Å²) in [6.45, 7) is 0.0875. The number of carboxylic acid groups (broad SMARTS) is 2. The first-order valence-corrected chi connectivity index (χ1v) is 8.60. The lowest BCUT2D eigenvalue weighted by atomic mass is 10.1. The van der Waals surface area contributed by atoms with Gasteiger partial charge in [-0.2, -0.15) is 8.42 Å². The molecule has 0 aliphatic rings. The minimum absolute atomic E-state index is 0.0875. The van der Waals surface area contributed by atoms with Gasteiger partial charge in [-0.3, -0.25) is 4.55 Å². The van der Waals surface area contributed by atoms with E-state index in [0.29, 0.717) is 11.8 Å². The van der Waals surface area contributed by atoms with E-state index in [-0.39, 0.29) is 18.0 Å². The summed E-state index contributed by atoms with van der Waals surface area (Å²) in [5.74, 6) is -3.99. The molecule has 0 saturated carbocycles. The molecule has 3 atom stereocenters. The molecular formula is C13H21NO12S. The summed E-state index contributed by atoms with van der Waals surface area (Å²) in [7, 11) is -3.67. The van der Waals surface area contributed by atoms with E-state index in [1.165, 1.54) is 18.2 Å². The van der Waals surface area contributed by atoms with Crippen molar-refractivity contribution in [2.45, 2.75) is 18.3 Å². The van der Waals surface area contributed by atoms with Crippen molar-refractivity contribution >= 4 is 22.1 Å². The Morgan fingerprint density at radius 1 is 1.00 bits per heavy atom. The molecule has 27 heavy (non-hydrogen) atoms. The highest BCUT2D eigenvalue weighted by atomic mass is 32.2. The molecule has 0 spiro atoms. The van der Waals surface area contributed by atoms with E-state index in [1.54, 1.807) is 0 Å².